The van der Waals surface area contributed by atoms with Crippen LogP contribution in [0.15, 0.2) is 48.8 Å². The van der Waals surface area contributed by atoms with Gasteiger partial charge in [-0.3, -0.25) is 9.88 Å². The maximum Gasteiger partial charge on any atom is 0.224 e. The molecule has 3 heterocycles. The second-order valence-electron chi connectivity index (χ2n) is 10.0. The van der Waals surface area contributed by atoms with E-state index in [2.05, 4.69) is 69.2 Å². The van der Waals surface area contributed by atoms with Gasteiger partial charge in [-0.2, -0.15) is 4.98 Å². The molecule has 1 saturated heterocycles. The number of hydrogen-bond donors (Lipinski definition) is 4. The lowest BCUT2D eigenvalue weighted by molar-refractivity contribution is 0.126. The number of halogens is 1. The van der Waals surface area contributed by atoms with Crippen LogP contribution in [0.25, 0.3) is 11.3 Å². The zero-order valence-electron chi connectivity index (χ0n) is 21.5. The van der Waals surface area contributed by atoms with E-state index in [1.165, 1.54) is 16.7 Å². The number of pyridine rings is 1. The molecule has 2 fully saturated rings. The highest BCUT2D eigenvalue weighted by atomic mass is 35.5. The molecule has 0 radical (unpaired) electrons. The maximum atomic E-state index is 9.93. The normalized spacial score (nSPS) is 20.2. The topological polar surface area (TPSA) is 98.2 Å². The first-order chi connectivity index (χ1) is 17.6. The first kappa shape index (κ1) is 27.3. The van der Waals surface area contributed by atoms with E-state index in [0.717, 1.165) is 75.5 Å². The number of anilines is 2. The van der Waals surface area contributed by atoms with Gasteiger partial charge in [0.25, 0.3) is 0 Å². The van der Waals surface area contributed by atoms with Gasteiger partial charge in [0.2, 0.25) is 5.95 Å². The molecule has 0 amide bonds. The molecule has 1 aliphatic heterocycles. The van der Waals surface area contributed by atoms with E-state index < -0.39 is 0 Å². The minimum atomic E-state index is -0.190. The Kier molecular flexibility index (Phi) is 9.68. The van der Waals surface area contributed by atoms with Crippen molar-refractivity contribution in [3.8, 4) is 11.3 Å². The van der Waals surface area contributed by atoms with Gasteiger partial charge in [0.05, 0.1) is 17.4 Å². The Bertz CT molecular complexity index is 1110. The van der Waals surface area contributed by atoms with E-state index in [1.54, 1.807) is 0 Å². The smallest absolute Gasteiger partial charge is 0.224 e. The van der Waals surface area contributed by atoms with Gasteiger partial charge >= 0.3 is 0 Å². The molecule has 37 heavy (non-hydrogen) atoms. The average molecular weight is 524 g/mol. The largest absolute Gasteiger partial charge is 0.393 e. The Morgan fingerprint density at radius 3 is 2.38 bits per heavy atom. The molecule has 2 aliphatic rings. The number of piperazine rings is 1. The quantitative estimate of drug-likeness (QED) is 0.352. The Hall–Kier alpha value is -2.78. The number of aryl methyl sites for hydroxylation is 1. The van der Waals surface area contributed by atoms with Crippen molar-refractivity contribution in [3.63, 3.8) is 0 Å². The Morgan fingerprint density at radius 2 is 1.68 bits per heavy atom. The van der Waals surface area contributed by atoms with Crippen LogP contribution in [-0.2, 0) is 13.1 Å². The molecule has 2 aromatic heterocycles. The van der Waals surface area contributed by atoms with E-state index in [9.17, 15) is 5.11 Å². The molecule has 5 rings (SSSR count). The van der Waals surface area contributed by atoms with Gasteiger partial charge in [-0.05, 0) is 49.8 Å². The lowest BCUT2D eigenvalue weighted by Gasteiger charge is -2.27. The highest BCUT2D eigenvalue weighted by molar-refractivity contribution is 5.85. The van der Waals surface area contributed by atoms with Crippen LogP contribution < -0.4 is 16.0 Å². The van der Waals surface area contributed by atoms with Crippen molar-refractivity contribution < 1.29 is 5.11 Å². The van der Waals surface area contributed by atoms with Gasteiger partial charge in [-0.1, -0.05) is 35.9 Å². The summed E-state index contributed by atoms with van der Waals surface area (Å²) in [5, 5.41) is 20.3. The van der Waals surface area contributed by atoms with Crippen molar-refractivity contribution in [1.82, 2.24) is 25.2 Å². The van der Waals surface area contributed by atoms with Crippen LogP contribution in [0.1, 0.15) is 42.4 Å². The monoisotopic (exact) mass is 523 g/mol. The molecule has 0 atom stereocenters. The standard InChI is InChI=1S/C28H37N7O.ClH/c1-20-2-4-21(5-3-20)16-31-28-32-18-25(27(34-28)33-23-7-9-24(36)10-8-23)26-11-6-22(17-30-26)19-35-14-12-29-13-15-35;/h2-6,11,17-18,23-24,29,36H,7-10,12-16,19H2,1H3,(H2,31,32,33,34);1H. The van der Waals surface area contributed by atoms with Crippen LogP contribution >= 0.6 is 12.4 Å². The number of aromatic nitrogens is 3. The number of hydrogen-bond acceptors (Lipinski definition) is 8. The van der Waals surface area contributed by atoms with Crippen LogP contribution in [0, 0.1) is 6.92 Å². The fourth-order valence-electron chi connectivity index (χ4n) is 4.87. The summed E-state index contributed by atoms with van der Waals surface area (Å²) >= 11 is 0. The molecular weight excluding hydrogens is 486 g/mol. The third kappa shape index (κ3) is 7.61. The summed E-state index contributed by atoms with van der Waals surface area (Å²) in [6.07, 6.45) is 7.13. The van der Waals surface area contributed by atoms with Crippen molar-refractivity contribution in [2.75, 3.05) is 36.8 Å². The van der Waals surface area contributed by atoms with Gasteiger partial charge in [0.15, 0.2) is 0 Å². The predicted molar refractivity (Wildman–Crippen MR) is 151 cm³/mol. The van der Waals surface area contributed by atoms with Gasteiger partial charge < -0.3 is 21.1 Å². The van der Waals surface area contributed by atoms with E-state index >= 15 is 0 Å². The molecule has 0 spiro atoms. The van der Waals surface area contributed by atoms with Gasteiger partial charge in [0, 0.05) is 57.7 Å². The van der Waals surface area contributed by atoms with E-state index in [0.29, 0.717) is 12.5 Å². The second kappa shape index (κ2) is 13.1. The number of nitrogens with zero attached hydrogens (tertiary/aromatic N) is 4. The van der Waals surface area contributed by atoms with E-state index in [-0.39, 0.29) is 24.6 Å². The number of aliphatic hydroxyl groups is 1. The SMILES string of the molecule is Cc1ccc(CNc2ncc(-c3ccc(CN4CCNCC4)cn3)c(NC3CCC(O)CC3)n2)cc1.Cl. The van der Waals surface area contributed by atoms with Crippen LogP contribution in [0.3, 0.4) is 0 Å². The fourth-order valence-corrected chi connectivity index (χ4v) is 4.87. The molecule has 0 bridgehead atoms. The summed E-state index contributed by atoms with van der Waals surface area (Å²) in [7, 11) is 0. The molecule has 1 aromatic carbocycles. The summed E-state index contributed by atoms with van der Waals surface area (Å²) in [5.41, 5.74) is 5.41. The second-order valence-corrected chi connectivity index (χ2v) is 10.0. The lowest BCUT2D eigenvalue weighted by Crippen LogP contribution is -2.42. The summed E-state index contributed by atoms with van der Waals surface area (Å²) in [6.45, 7) is 7.89. The Labute approximate surface area is 225 Å². The van der Waals surface area contributed by atoms with Crippen LogP contribution in [0.5, 0.6) is 0 Å². The van der Waals surface area contributed by atoms with Gasteiger partial charge in [0.1, 0.15) is 5.82 Å². The maximum absolute atomic E-state index is 9.93. The van der Waals surface area contributed by atoms with E-state index in [1.807, 2.05) is 12.4 Å². The third-order valence-electron chi connectivity index (χ3n) is 7.11. The predicted octanol–water partition coefficient (Wildman–Crippen LogP) is 4.00. The highest BCUT2D eigenvalue weighted by Gasteiger charge is 2.21. The number of aliphatic hydroxyl groups excluding tert-OH is 1. The molecular formula is C28H38ClN7O. The van der Waals surface area contributed by atoms with Crippen molar-refractivity contribution in [3.05, 3.63) is 65.5 Å². The first-order valence-electron chi connectivity index (χ1n) is 13.1. The van der Waals surface area contributed by atoms with Crippen LogP contribution in [0.2, 0.25) is 0 Å². The molecule has 8 nitrogen and oxygen atoms in total. The first-order valence-corrected chi connectivity index (χ1v) is 13.1. The number of nitrogens with one attached hydrogen (secondary N) is 3. The zero-order valence-corrected chi connectivity index (χ0v) is 22.3. The van der Waals surface area contributed by atoms with Crippen LogP contribution in [-0.4, -0.2) is 63.3 Å². The molecule has 4 N–H and O–H groups in total. The Balaban J connectivity index is 0.00000320. The lowest BCUT2D eigenvalue weighted by atomic mass is 9.93. The van der Waals surface area contributed by atoms with Gasteiger partial charge in [-0.15, -0.1) is 12.4 Å². The van der Waals surface area contributed by atoms with Crippen LogP contribution in [0.4, 0.5) is 11.8 Å². The highest BCUT2D eigenvalue weighted by Crippen LogP contribution is 2.29. The fraction of sp³-hybridized carbons (Fsp3) is 0.464. The average Bonchev–Trinajstić information content (AvgIpc) is 2.91. The molecule has 198 valence electrons. The molecule has 3 aromatic rings. The third-order valence-corrected chi connectivity index (χ3v) is 7.11. The summed E-state index contributed by atoms with van der Waals surface area (Å²) in [5.74, 6) is 1.38. The minimum Gasteiger partial charge on any atom is -0.393 e. The van der Waals surface area contributed by atoms with Crippen molar-refractivity contribution in [2.45, 2.75) is 57.8 Å². The zero-order chi connectivity index (χ0) is 24.7. The number of benzene rings is 1. The number of rotatable bonds is 8. The summed E-state index contributed by atoms with van der Waals surface area (Å²) in [4.78, 5) is 16.7. The molecule has 0 unspecified atom stereocenters. The summed E-state index contributed by atoms with van der Waals surface area (Å²) in [6, 6.07) is 13.0. The van der Waals surface area contributed by atoms with Gasteiger partial charge in [-0.25, -0.2) is 4.98 Å². The van der Waals surface area contributed by atoms with Crippen molar-refractivity contribution in [1.29, 1.82) is 0 Å². The minimum absolute atomic E-state index is 0. The van der Waals surface area contributed by atoms with Crippen molar-refractivity contribution >= 4 is 24.2 Å². The van der Waals surface area contributed by atoms with Crippen molar-refractivity contribution in [2.24, 2.45) is 0 Å². The molecule has 9 heteroatoms. The summed E-state index contributed by atoms with van der Waals surface area (Å²) < 4.78 is 0. The molecule has 1 saturated carbocycles. The Morgan fingerprint density at radius 1 is 0.946 bits per heavy atom. The van der Waals surface area contributed by atoms with E-state index in [4.69, 9.17) is 9.97 Å². The molecule has 1 aliphatic carbocycles.